The zero-order valence-corrected chi connectivity index (χ0v) is 17.7. The van der Waals surface area contributed by atoms with E-state index in [0.717, 1.165) is 21.4 Å². The van der Waals surface area contributed by atoms with Crippen molar-refractivity contribution in [2.75, 3.05) is 7.11 Å². The van der Waals surface area contributed by atoms with Crippen LogP contribution in [-0.2, 0) is 19.7 Å². The molecule has 0 saturated carbocycles. The number of halogens is 3. The van der Waals surface area contributed by atoms with Gasteiger partial charge in [0.2, 0.25) is 0 Å². The second-order valence-electron chi connectivity index (χ2n) is 5.83. The molecule has 0 aliphatic heterocycles. The molecule has 3 rings (SSSR count). The van der Waals surface area contributed by atoms with Gasteiger partial charge in [0.05, 0.1) is 34.4 Å². The molecule has 0 bridgehead atoms. The zero-order valence-electron chi connectivity index (χ0n) is 14.6. The quantitative estimate of drug-likeness (QED) is 0.424. The van der Waals surface area contributed by atoms with Gasteiger partial charge >= 0.3 is 0 Å². The third-order valence-corrected chi connectivity index (χ3v) is 5.19. The molecule has 0 fully saturated rings. The molecule has 0 aliphatic rings. The molecule has 1 heterocycles. The first kappa shape index (κ1) is 20.1. The Morgan fingerprint density at radius 2 is 1.89 bits per heavy atom. The van der Waals surface area contributed by atoms with E-state index >= 15 is 0 Å². The number of benzene rings is 2. The van der Waals surface area contributed by atoms with E-state index in [1.165, 1.54) is 0 Å². The van der Waals surface area contributed by atoms with Crippen LogP contribution in [0.5, 0.6) is 11.5 Å². The van der Waals surface area contributed by atoms with Gasteiger partial charge in [0, 0.05) is 6.54 Å². The lowest BCUT2D eigenvalue weighted by atomic mass is 10.2. The average Bonchev–Trinajstić information content (AvgIpc) is 3.16. The van der Waals surface area contributed by atoms with E-state index in [1.54, 1.807) is 25.5 Å². The highest BCUT2D eigenvalue weighted by Gasteiger charge is 2.12. The first-order chi connectivity index (χ1) is 13.1. The Morgan fingerprint density at radius 1 is 1.04 bits per heavy atom. The van der Waals surface area contributed by atoms with Crippen molar-refractivity contribution in [3.63, 3.8) is 0 Å². The van der Waals surface area contributed by atoms with Crippen LogP contribution in [0.25, 0.3) is 0 Å². The summed E-state index contributed by atoms with van der Waals surface area (Å²) in [5.41, 5.74) is 1.98. The largest absolute Gasteiger partial charge is 0.493 e. The maximum Gasteiger partial charge on any atom is 0.175 e. The summed E-state index contributed by atoms with van der Waals surface area (Å²) in [7, 11) is 1.62. The highest BCUT2D eigenvalue weighted by Crippen LogP contribution is 2.37. The molecule has 0 radical (unpaired) electrons. The van der Waals surface area contributed by atoms with Crippen molar-refractivity contribution in [2.24, 2.45) is 0 Å². The summed E-state index contributed by atoms with van der Waals surface area (Å²) in [6.07, 6.45) is 1.66. The Bertz CT molecular complexity index is 900. The molecular weight excluding hydrogens is 453 g/mol. The number of ether oxygens (including phenoxy) is 2. The molecule has 0 spiro atoms. The fourth-order valence-electron chi connectivity index (χ4n) is 2.54. The predicted octanol–water partition coefficient (Wildman–Crippen LogP) is 6.23. The minimum atomic E-state index is 0.349. The van der Waals surface area contributed by atoms with Crippen molar-refractivity contribution in [2.45, 2.75) is 19.7 Å². The van der Waals surface area contributed by atoms with Crippen molar-refractivity contribution >= 4 is 39.1 Å². The van der Waals surface area contributed by atoms with Crippen LogP contribution in [0, 0.1) is 0 Å². The Labute approximate surface area is 176 Å². The molecular formula is C20H18BrCl2NO3. The van der Waals surface area contributed by atoms with E-state index in [0.29, 0.717) is 41.2 Å². The summed E-state index contributed by atoms with van der Waals surface area (Å²) in [4.78, 5) is 0. The number of hydrogen-bond donors (Lipinski definition) is 1. The summed E-state index contributed by atoms with van der Waals surface area (Å²) in [6.45, 7) is 1.67. The van der Waals surface area contributed by atoms with E-state index in [-0.39, 0.29) is 0 Å². The van der Waals surface area contributed by atoms with Gasteiger partial charge in [-0.1, -0.05) is 29.3 Å². The molecule has 0 unspecified atom stereocenters. The maximum atomic E-state index is 6.06. The van der Waals surface area contributed by atoms with Crippen molar-refractivity contribution in [3.05, 3.63) is 80.1 Å². The van der Waals surface area contributed by atoms with Gasteiger partial charge in [-0.25, -0.2) is 0 Å². The summed E-state index contributed by atoms with van der Waals surface area (Å²) < 4.78 is 17.6. The predicted molar refractivity (Wildman–Crippen MR) is 111 cm³/mol. The van der Waals surface area contributed by atoms with Gasteiger partial charge in [-0.15, -0.1) is 0 Å². The van der Waals surface area contributed by atoms with E-state index < -0.39 is 0 Å². The lowest BCUT2D eigenvalue weighted by molar-refractivity contribution is 0.282. The minimum Gasteiger partial charge on any atom is -0.493 e. The summed E-state index contributed by atoms with van der Waals surface area (Å²) >= 11 is 15.6. The average molecular weight is 471 g/mol. The lowest BCUT2D eigenvalue weighted by Gasteiger charge is -2.15. The molecule has 0 aliphatic carbocycles. The molecule has 0 amide bonds. The molecule has 1 aromatic heterocycles. The molecule has 3 aromatic rings. The van der Waals surface area contributed by atoms with E-state index in [9.17, 15) is 0 Å². The number of furan rings is 1. The molecule has 0 saturated heterocycles. The SMILES string of the molecule is COc1cc(CNCc2ccco2)cc(Br)c1OCc1ccc(Cl)c(Cl)c1. The number of nitrogens with one attached hydrogen (secondary N) is 1. The van der Waals surface area contributed by atoms with Gasteiger partial charge in [0.15, 0.2) is 11.5 Å². The molecule has 142 valence electrons. The van der Waals surface area contributed by atoms with Crippen LogP contribution in [0.3, 0.4) is 0 Å². The van der Waals surface area contributed by atoms with Gasteiger partial charge in [0.1, 0.15) is 12.4 Å². The fraction of sp³-hybridized carbons (Fsp3) is 0.200. The summed E-state index contributed by atoms with van der Waals surface area (Å²) in [5.74, 6) is 2.18. The number of methoxy groups -OCH3 is 1. The van der Waals surface area contributed by atoms with Crippen LogP contribution >= 0.6 is 39.1 Å². The Kier molecular flexibility index (Phi) is 7.07. The van der Waals surface area contributed by atoms with Gasteiger partial charge in [-0.2, -0.15) is 0 Å². The smallest absolute Gasteiger partial charge is 0.175 e. The first-order valence-electron chi connectivity index (χ1n) is 8.23. The number of rotatable bonds is 8. The highest BCUT2D eigenvalue weighted by atomic mass is 79.9. The monoisotopic (exact) mass is 469 g/mol. The molecule has 7 heteroatoms. The van der Waals surface area contributed by atoms with Crippen molar-refractivity contribution in [1.82, 2.24) is 5.32 Å². The van der Waals surface area contributed by atoms with Crippen LogP contribution in [0.2, 0.25) is 10.0 Å². The van der Waals surface area contributed by atoms with E-state index in [2.05, 4.69) is 21.2 Å². The van der Waals surface area contributed by atoms with Gasteiger partial charge in [0.25, 0.3) is 0 Å². The molecule has 0 atom stereocenters. The van der Waals surface area contributed by atoms with Crippen LogP contribution in [0.4, 0.5) is 0 Å². The van der Waals surface area contributed by atoms with Gasteiger partial charge in [-0.05, 0) is 63.5 Å². The first-order valence-corrected chi connectivity index (χ1v) is 9.78. The van der Waals surface area contributed by atoms with Crippen LogP contribution in [-0.4, -0.2) is 7.11 Å². The second kappa shape index (κ2) is 9.51. The molecule has 4 nitrogen and oxygen atoms in total. The van der Waals surface area contributed by atoms with Crippen molar-refractivity contribution < 1.29 is 13.9 Å². The molecule has 1 N–H and O–H groups in total. The topological polar surface area (TPSA) is 43.6 Å². The van der Waals surface area contributed by atoms with Crippen LogP contribution < -0.4 is 14.8 Å². The van der Waals surface area contributed by atoms with Crippen LogP contribution in [0.15, 0.2) is 57.6 Å². The minimum absolute atomic E-state index is 0.349. The molecule has 27 heavy (non-hydrogen) atoms. The Morgan fingerprint density at radius 3 is 2.59 bits per heavy atom. The standard InChI is InChI=1S/C20H18BrCl2NO3/c1-25-19-9-14(10-24-11-15-3-2-6-26-15)7-16(21)20(19)27-12-13-4-5-17(22)18(23)8-13/h2-9,24H,10-12H2,1H3. The van der Waals surface area contributed by atoms with E-state index in [4.69, 9.17) is 37.1 Å². The molecule has 2 aromatic carbocycles. The Hall–Kier alpha value is -1.66. The lowest BCUT2D eigenvalue weighted by Crippen LogP contribution is -2.12. The maximum absolute atomic E-state index is 6.06. The zero-order chi connectivity index (χ0) is 19.2. The van der Waals surface area contributed by atoms with Crippen molar-refractivity contribution in [1.29, 1.82) is 0 Å². The van der Waals surface area contributed by atoms with Crippen molar-refractivity contribution in [3.8, 4) is 11.5 Å². The van der Waals surface area contributed by atoms with Crippen LogP contribution in [0.1, 0.15) is 16.9 Å². The summed E-state index contributed by atoms with van der Waals surface area (Å²) in [5, 5.41) is 4.35. The summed E-state index contributed by atoms with van der Waals surface area (Å²) in [6, 6.07) is 13.2. The second-order valence-corrected chi connectivity index (χ2v) is 7.50. The van der Waals surface area contributed by atoms with Gasteiger partial charge in [-0.3, -0.25) is 0 Å². The fourth-order valence-corrected chi connectivity index (χ4v) is 3.47. The normalized spacial score (nSPS) is 10.8. The third kappa shape index (κ3) is 5.42. The van der Waals surface area contributed by atoms with Gasteiger partial charge < -0.3 is 19.2 Å². The van der Waals surface area contributed by atoms with E-state index in [1.807, 2.05) is 30.3 Å². The highest BCUT2D eigenvalue weighted by molar-refractivity contribution is 9.10. The Balaban J connectivity index is 1.66. The number of hydrogen-bond acceptors (Lipinski definition) is 4. The third-order valence-electron chi connectivity index (χ3n) is 3.86.